The number of nitrogens with zero attached hydrogens (tertiary/aromatic N) is 3. The monoisotopic (exact) mass is 385 g/mol. The molecule has 7 heteroatoms. The first-order chi connectivity index (χ1) is 13.1. The van der Waals surface area contributed by atoms with Crippen LogP contribution in [0.2, 0.25) is 5.02 Å². The summed E-state index contributed by atoms with van der Waals surface area (Å²) in [6.07, 6.45) is 1.10. The van der Waals surface area contributed by atoms with Crippen LogP contribution in [0.1, 0.15) is 23.8 Å². The van der Waals surface area contributed by atoms with Gasteiger partial charge in [0.15, 0.2) is 0 Å². The molecule has 0 bridgehead atoms. The normalized spacial score (nSPS) is 16.9. The fraction of sp³-hybridized carbons (Fsp3) is 0.250. The maximum atomic E-state index is 13.4. The van der Waals surface area contributed by atoms with Crippen LogP contribution in [-0.2, 0) is 11.2 Å². The first kappa shape index (κ1) is 17.7. The van der Waals surface area contributed by atoms with Crippen molar-refractivity contribution in [1.29, 1.82) is 0 Å². The van der Waals surface area contributed by atoms with Gasteiger partial charge in [-0.3, -0.25) is 4.79 Å². The Labute approximate surface area is 160 Å². The topological polar surface area (TPSA) is 59.2 Å². The lowest BCUT2D eigenvalue weighted by Crippen LogP contribution is -2.27. The van der Waals surface area contributed by atoms with E-state index in [-0.39, 0.29) is 17.6 Å². The van der Waals surface area contributed by atoms with Gasteiger partial charge in [0.2, 0.25) is 17.6 Å². The smallest absolute Gasteiger partial charge is 0.232 e. The fourth-order valence-corrected chi connectivity index (χ4v) is 3.34. The molecule has 27 heavy (non-hydrogen) atoms. The van der Waals surface area contributed by atoms with Gasteiger partial charge in [-0.05, 0) is 36.2 Å². The molecule has 2 heterocycles. The fourth-order valence-electron chi connectivity index (χ4n) is 3.21. The zero-order valence-electron chi connectivity index (χ0n) is 14.4. The van der Waals surface area contributed by atoms with E-state index < -0.39 is 0 Å². The van der Waals surface area contributed by atoms with E-state index in [2.05, 4.69) is 10.1 Å². The number of amides is 1. The summed E-state index contributed by atoms with van der Waals surface area (Å²) in [5, 5.41) is 4.62. The molecule has 5 nitrogen and oxygen atoms in total. The quantitative estimate of drug-likeness (QED) is 0.663. The number of hydrogen-bond acceptors (Lipinski definition) is 4. The van der Waals surface area contributed by atoms with Crippen molar-refractivity contribution in [2.24, 2.45) is 0 Å². The molecule has 0 spiro atoms. The number of aromatic nitrogens is 2. The number of likely N-dealkylation sites (tertiary alicyclic amines) is 1. The molecule has 0 N–H and O–H groups in total. The molecule has 0 aliphatic carbocycles. The Hall–Kier alpha value is -2.73. The van der Waals surface area contributed by atoms with Crippen molar-refractivity contribution >= 4 is 17.5 Å². The van der Waals surface area contributed by atoms with Gasteiger partial charge in [-0.2, -0.15) is 4.98 Å². The third-order valence-electron chi connectivity index (χ3n) is 4.67. The molecule has 1 aliphatic heterocycles. The minimum absolute atomic E-state index is 0.0690. The van der Waals surface area contributed by atoms with Crippen LogP contribution in [0.5, 0.6) is 0 Å². The van der Waals surface area contributed by atoms with Crippen molar-refractivity contribution in [2.45, 2.75) is 18.8 Å². The maximum absolute atomic E-state index is 13.4. The highest BCUT2D eigenvalue weighted by Crippen LogP contribution is 2.29. The summed E-state index contributed by atoms with van der Waals surface area (Å²) in [6, 6.07) is 13.6. The summed E-state index contributed by atoms with van der Waals surface area (Å²) >= 11 is 5.90. The van der Waals surface area contributed by atoms with E-state index in [9.17, 15) is 9.18 Å². The third kappa shape index (κ3) is 4.01. The first-order valence-electron chi connectivity index (χ1n) is 8.70. The second-order valence-corrected chi connectivity index (χ2v) is 7.02. The third-order valence-corrected chi connectivity index (χ3v) is 4.92. The van der Waals surface area contributed by atoms with Gasteiger partial charge < -0.3 is 9.42 Å². The molecule has 0 saturated carbocycles. The lowest BCUT2D eigenvalue weighted by molar-refractivity contribution is -0.127. The Bertz CT molecular complexity index is 958. The highest BCUT2D eigenvalue weighted by atomic mass is 35.5. The van der Waals surface area contributed by atoms with Crippen molar-refractivity contribution in [2.75, 3.05) is 13.1 Å². The standard InChI is InChI=1S/C20H17ClFN3O2/c21-16-6-4-13(5-7-16)8-9-25-12-15(11-18(25)26)20-23-19(24-27-20)14-2-1-3-17(22)10-14/h1-7,10,15H,8-9,11-12H2. The average molecular weight is 386 g/mol. The summed E-state index contributed by atoms with van der Waals surface area (Å²) < 4.78 is 18.7. The number of benzene rings is 2. The Morgan fingerprint density at radius 1 is 1.22 bits per heavy atom. The predicted molar refractivity (Wildman–Crippen MR) is 98.8 cm³/mol. The lowest BCUT2D eigenvalue weighted by atomic mass is 10.1. The van der Waals surface area contributed by atoms with E-state index in [0.717, 1.165) is 12.0 Å². The molecule has 1 amide bonds. The molecule has 0 radical (unpaired) electrons. The van der Waals surface area contributed by atoms with Crippen LogP contribution in [-0.4, -0.2) is 34.0 Å². The predicted octanol–water partition coefficient (Wildman–Crippen LogP) is 4.09. The Kier molecular flexibility index (Phi) is 4.90. The molecule has 1 saturated heterocycles. The number of halogens is 2. The van der Waals surface area contributed by atoms with Gasteiger partial charge in [0, 0.05) is 30.1 Å². The second-order valence-electron chi connectivity index (χ2n) is 6.58. The van der Waals surface area contributed by atoms with Crippen LogP contribution in [0.4, 0.5) is 4.39 Å². The molecule has 1 unspecified atom stereocenters. The molecule has 138 valence electrons. The van der Waals surface area contributed by atoms with E-state index in [0.29, 0.717) is 41.8 Å². The van der Waals surface area contributed by atoms with Crippen molar-refractivity contribution in [3.05, 3.63) is 70.8 Å². The highest BCUT2D eigenvalue weighted by molar-refractivity contribution is 6.30. The van der Waals surface area contributed by atoms with Crippen molar-refractivity contribution in [1.82, 2.24) is 15.0 Å². The van der Waals surface area contributed by atoms with Crippen LogP contribution < -0.4 is 0 Å². The van der Waals surface area contributed by atoms with Gasteiger partial charge in [-0.15, -0.1) is 0 Å². The van der Waals surface area contributed by atoms with Crippen molar-refractivity contribution < 1.29 is 13.7 Å². The minimum Gasteiger partial charge on any atom is -0.342 e. The molecular weight excluding hydrogens is 369 g/mol. The molecule has 1 atom stereocenters. The van der Waals surface area contributed by atoms with Gasteiger partial charge >= 0.3 is 0 Å². The summed E-state index contributed by atoms with van der Waals surface area (Å²) in [6.45, 7) is 1.17. The van der Waals surface area contributed by atoms with Crippen LogP contribution in [0.15, 0.2) is 53.1 Å². The van der Waals surface area contributed by atoms with Crippen LogP contribution in [0.25, 0.3) is 11.4 Å². The molecule has 1 aromatic heterocycles. The molecular formula is C20H17ClFN3O2. The van der Waals surface area contributed by atoms with Gasteiger partial charge in [-0.25, -0.2) is 4.39 Å². The van der Waals surface area contributed by atoms with E-state index in [1.54, 1.807) is 12.1 Å². The largest absolute Gasteiger partial charge is 0.342 e. The van der Waals surface area contributed by atoms with Gasteiger partial charge in [0.1, 0.15) is 5.82 Å². The zero-order valence-corrected chi connectivity index (χ0v) is 15.2. The molecule has 2 aromatic carbocycles. The van der Waals surface area contributed by atoms with Gasteiger partial charge in [0.05, 0.1) is 5.92 Å². The zero-order chi connectivity index (χ0) is 18.8. The Morgan fingerprint density at radius 3 is 2.81 bits per heavy atom. The lowest BCUT2D eigenvalue weighted by Gasteiger charge is -2.15. The Morgan fingerprint density at radius 2 is 2.04 bits per heavy atom. The summed E-state index contributed by atoms with van der Waals surface area (Å²) in [7, 11) is 0. The highest BCUT2D eigenvalue weighted by Gasteiger charge is 2.34. The minimum atomic E-state index is -0.358. The van der Waals surface area contributed by atoms with Crippen LogP contribution in [0.3, 0.4) is 0 Å². The number of rotatable bonds is 5. The van der Waals surface area contributed by atoms with Crippen LogP contribution >= 0.6 is 11.6 Å². The summed E-state index contributed by atoms with van der Waals surface area (Å²) in [5.74, 6) is 0.313. The average Bonchev–Trinajstić information content (AvgIpc) is 3.28. The van der Waals surface area contributed by atoms with E-state index in [1.165, 1.54) is 12.1 Å². The second kappa shape index (κ2) is 7.48. The molecule has 3 aromatic rings. The summed E-state index contributed by atoms with van der Waals surface area (Å²) in [4.78, 5) is 18.5. The summed E-state index contributed by atoms with van der Waals surface area (Å²) in [5.41, 5.74) is 1.68. The SMILES string of the molecule is O=C1CC(c2nc(-c3cccc(F)c3)no2)CN1CCc1ccc(Cl)cc1. The van der Waals surface area contributed by atoms with E-state index >= 15 is 0 Å². The molecule has 1 aliphatic rings. The van der Waals surface area contributed by atoms with Gasteiger partial charge in [-0.1, -0.05) is 41.0 Å². The molecule has 1 fully saturated rings. The van der Waals surface area contributed by atoms with E-state index in [1.807, 2.05) is 29.2 Å². The van der Waals surface area contributed by atoms with Crippen LogP contribution in [0, 0.1) is 5.82 Å². The maximum Gasteiger partial charge on any atom is 0.232 e. The number of hydrogen-bond donors (Lipinski definition) is 0. The number of carbonyl (C=O) groups excluding carboxylic acids is 1. The number of carbonyl (C=O) groups is 1. The van der Waals surface area contributed by atoms with Crippen molar-refractivity contribution in [3.63, 3.8) is 0 Å². The van der Waals surface area contributed by atoms with Gasteiger partial charge in [0.25, 0.3) is 0 Å². The first-order valence-corrected chi connectivity index (χ1v) is 9.08. The van der Waals surface area contributed by atoms with Crippen molar-refractivity contribution in [3.8, 4) is 11.4 Å². The molecule has 4 rings (SSSR count). The Balaban J connectivity index is 1.41. The van der Waals surface area contributed by atoms with E-state index in [4.69, 9.17) is 16.1 Å².